The second-order valence-corrected chi connectivity index (χ2v) is 2.52. The highest BCUT2D eigenvalue weighted by Crippen LogP contribution is 2.21. The van der Waals surface area contributed by atoms with E-state index >= 15 is 0 Å². The highest BCUT2D eigenvalue weighted by atomic mass is 16.5. The van der Waals surface area contributed by atoms with Crippen molar-refractivity contribution in [2.45, 2.75) is 12.3 Å². The number of nitrogens with zero attached hydrogens (tertiary/aromatic N) is 1. The molecule has 2 rings (SSSR count). The monoisotopic (exact) mass is 156 g/mol. The Labute approximate surface area is 62.3 Å². The predicted octanol–water partition coefficient (Wildman–Crippen LogP) is -0.133. The molecule has 1 aliphatic heterocycles. The highest BCUT2D eigenvalue weighted by Gasteiger charge is 2.22. The van der Waals surface area contributed by atoms with Gasteiger partial charge >= 0.3 is 5.69 Å². The molecule has 2 heterocycles. The van der Waals surface area contributed by atoms with Gasteiger partial charge in [-0.1, -0.05) is 0 Å². The molecule has 5 nitrogen and oxygen atoms in total. The van der Waals surface area contributed by atoms with E-state index in [2.05, 4.69) is 10.1 Å². The van der Waals surface area contributed by atoms with Gasteiger partial charge in [0, 0.05) is 6.61 Å². The fourth-order valence-electron chi connectivity index (χ4n) is 1.15. The van der Waals surface area contributed by atoms with E-state index in [0.717, 1.165) is 13.0 Å². The fraction of sp³-hybridized carbons (Fsp3) is 0.667. The normalized spacial score (nSPS) is 24.2. The van der Waals surface area contributed by atoms with Crippen LogP contribution in [0.5, 0.6) is 0 Å². The summed E-state index contributed by atoms with van der Waals surface area (Å²) in [6.45, 7) is 1.33. The van der Waals surface area contributed by atoms with Gasteiger partial charge < -0.3 is 9.26 Å². The van der Waals surface area contributed by atoms with Crippen LogP contribution >= 0.6 is 0 Å². The van der Waals surface area contributed by atoms with Crippen LogP contribution in [0.4, 0.5) is 0 Å². The van der Waals surface area contributed by atoms with Gasteiger partial charge in [0.05, 0.1) is 12.5 Å². The number of aromatic nitrogens is 2. The van der Waals surface area contributed by atoms with Crippen molar-refractivity contribution < 1.29 is 9.26 Å². The second-order valence-electron chi connectivity index (χ2n) is 2.52. The molecule has 0 aromatic carbocycles. The lowest BCUT2D eigenvalue weighted by atomic mass is 10.1. The molecule has 0 spiro atoms. The number of H-pyrrole nitrogens is 1. The molecule has 1 aromatic heterocycles. The number of rotatable bonds is 1. The zero-order chi connectivity index (χ0) is 7.68. The van der Waals surface area contributed by atoms with Crippen LogP contribution in [-0.4, -0.2) is 23.4 Å². The van der Waals surface area contributed by atoms with Gasteiger partial charge in [-0.25, -0.2) is 4.79 Å². The summed E-state index contributed by atoms with van der Waals surface area (Å²) < 4.78 is 9.92. The van der Waals surface area contributed by atoms with Gasteiger partial charge in [-0.3, -0.25) is 0 Å². The lowest BCUT2D eigenvalue weighted by Gasteiger charge is -1.96. The summed E-state index contributed by atoms with van der Waals surface area (Å²) >= 11 is 0. The predicted molar refractivity (Wildman–Crippen MR) is 35.3 cm³/mol. The SMILES string of the molecule is O=c1nc(C2CCOC2)o[nH]1. The van der Waals surface area contributed by atoms with Crippen molar-refractivity contribution in [2.75, 3.05) is 13.2 Å². The quantitative estimate of drug-likeness (QED) is 0.614. The number of hydrogen-bond donors (Lipinski definition) is 1. The van der Waals surface area contributed by atoms with Crippen molar-refractivity contribution >= 4 is 0 Å². The number of hydrogen-bond acceptors (Lipinski definition) is 4. The Morgan fingerprint density at radius 3 is 3.09 bits per heavy atom. The first-order valence-electron chi connectivity index (χ1n) is 3.49. The first-order chi connectivity index (χ1) is 5.36. The van der Waals surface area contributed by atoms with Crippen molar-refractivity contribution in [2.24, 2.45) is 0 Å². The minimum atomic E-state index is -0.424. The summed E-state index contributed by atoms with van der Waals surface area (Å²) in [7, 11) is 0. The molecule has 0 saturated carbocycles. The Hall–Kier alpha value is -1.10. The molecule has 1 atom stereocenters. The van der Waals surface area contributed by atoms with Crippen molar-refractivity contribution in [3.63, 3.8) is 0 Å². The van der Waals surface area contributed by atoms with Crippen LogP contribution in [-0.2, 0) is 4.74 Å². The van der Waals surface area contributed by atoms with E-state index in [9.17, 15) is 4.79 Å². The molecule has 1 aliphatic rings. The number of ether oxygens (including phenoxy) is 1. The van der Waals surface area contributed by atoms with E-state index in [1.54, 1.807) is 0 Å². The average Bonchev–Trinajstić information content (AvgIpc) is 2.55. The molecule has 1 N–H and O–H groups in total. The lowest BCUT2D eigenvalue weighted by Crippen LogP contribution is -2.04. The van der Waals surface area contributed by atoms with Gasteiger partial charge in [-0.15, -0.1) is 0 Å². The second kappa shape index (κ2) is 2.50. The van der Waals surface area contributed by atoms with Crippen LogP contribution in [0.1, 0.15) is 18.2 Å². The van der Waals surface area contributed by atoms with Crippen LogP contribution in [0.25, 0.3) is 0 Å². The largest absolute Gasteiger partial charge is 0.381 e. The zero-order valence-corrected chi connectivity index (χ0v) is 5.87. The molecule has 60 valence electrons. The smallest absolute Gasteiger partial charge is 0.377 e. The first-order valence-corrected chi connectivity index (χ1v) is 3.49. The Morgan fingerprint density at radius 2 is 2.55 bits per heavy atom. The maximum atomic E-state index is 10.5. The summed E-state index contributed by atoms with van der Waals surface area (Å²) in [4.78, 5) is 14.2. The Balaban J connectivity index is 2.21. The van der Waals surface area contributed by atoms with Gasteiger partial charge in [0.1, 0.15) is 0 Å². The molecule has 0 aliphatic carbocycles. The van der Waals surface area contributed by atoms with Crippen molar-refractivity contribution in [1.82, 2.24) is 10.1 Å². The molecule has 1 unspecified atom stereocenters. The molecule has 1 fully saturated rings. The average molecular weight is 156 g/mol. The zero-order valence-electron chi connectivity index (χ0n) is 5.87. The van der Waals surface area contributed by atoms with Gasteiger partial charge in [-0.2, -0.15) is 10.1 Å². The van der Waals surface area contributed by atoms with E-state index in [-0.39, 0.29) is 5.92 Å². The van der Waals surface area contributed by atoms with Gasteiger partial charge in [0.2, 0.25) is 5.89 Å². The molecule has 11 heavy (non-hydrogen) atoms. The molecule has 1 saturated heterocycles. The van der Waals surface area contributed by atoms with Gasteiger partial charge in [0.25, 0.3) is 0 Å². The van der Waals surface area contributed by atoms with E-state index in [4.69, 9.17) is 9.26 Å². The summed E-state index contributed by atoms with van der Waals surface area (Å²) in [5, 5.41) is 2.15. The fourth-order valence-corrected chi connectivity index (χ4v) is 1.15. The minimum absolute atomic E-state index is 0.161. The molecule has 5 heteroatoms. The van der Waals surface area contributed by atoms with Crippen LogP contribution in [0, 0.1) is 0 Å². The van der Waals surface area contributed by atoms with E-state index in [0.29, 0.717) is 12.5 Å². The Morgan fingerprint density at radius 1 is 1.64 bits per heavy atom. The van der Waals surface area contributed by atoms with E-state index < -0.39 is 5.69 Å². The van der Waals surface area contributed by atoms with Crippen molar-refractivity contribution in [1.29, 1.82) is 0 Å². The minimum Gasteiger partial charge on any atom is -0.381 e. The topological polar surface area (TPSA) is 68.1 Å². The number of nitrogens with one attached hydrogen (secondary N) is 1. The summed E-state index contributed by atoms with van der Waals surface area (Å²) in [6.07, 6.45) is 0.883. The van der Waals surface area contributed by atoms with Crippen molar-refractivity contribution in [3.8, 4) is 0 Å². The standard InChI is InChI=1S/C6H8N2O3/c9-6-7-5(11-8-6)4-1-2-10-3-4/h4H,1-3H2,(H,8,9). The third-order valence-corrected chi connectivity index (χ3v) is 1.73. The molecular formula is C6H8N2O3. The third-order valence-electron chi connectivity index (χ3n) is 1.73. The Kier molecular flexibility index (Phi) is 1.50. The van der Waals surface area contributed by atoms with Gasteiger partial charge in [0.15, 0.2) is 0 Å². The van der Waals surface area contributed by atoms with Crippen LogP contribution in [0.15, 0.2) is 9.32 Å². The summed E-state index contributed by atoms with van der Waals surface area (Å²) in [6, 6.07) is 0. The molecular weight excluding hydrogens is 148 g/mol. The van der Waals surface area contributed by atoms with E-state index in [1.807, 2.05) is 0 Å². The van der Waals surface area contributed by atoms with Crippen LogP contribution in [0.3, 0.4) is 0 Å². The Bertz CT molecular complexity index is 284. The third kappa shape index (κ3) is 1.19. The van der Waals surface area contributed by atoms with Crippen LogP contribution in [0.2, 0.25) is 0 Å². The summed E-state index contributed by atoms with van der Waals surface area (Å²) in [5.74, 6) is 0.626. The van der Waals surface area contributed by atoms with E-state index in [1.165, 1.54) is 0 Å². The summed E-state index contributed by atoms with van der Waals surface area (Å²) in [5.41, 5.74) is -0.424. The highest BCUT2D eigenvalue weighted by molar-refractivity contribution is 4.91. The molecule has 1 aromatic rings. The van der Waals surface area contributed by atoms with Crippen molar-refractivity contribution in [3.05, 3.63) is 16.4 Å². The number of aromatic amines is 1. The molecule has 0 radical (unpaired) electrons. The molecule has 0 amide bonds. The first kappa shape index (κ1) is 6.60. The molecule has 0 bridgehead atoms. The maximum absolute atomic E-state index is 10.5. The lowest BCUT2D eigenvalue weighted by molar-refractivity contribution is 0.189. The van der Waals surface area contributed by atoms with Crippen LogP contribution < -0.4 is 5.69 Å². The maximum Gasteiger partial charge on any atom is 0.377 e. The van der Waals surface area contributed by atoms with Gasteiger partial charge in [-0.05, 0) is 6.42 Å².